The van der Waals surface area contributed by atoms with Gasteiger partial charge >= 0.3 is 0 Å². The van der Waals surface area contributed by atoms with Crippen molar-refractivity contribution in [2.24, 2.45) is 11.8 Å². The Morgan fingerprint density at radius 2 is 1.96 bits per heavy atom. The number of hydrogen-bond donors (Lipinski definition) is 1. The average Bonchev–Trinajstić information content (AvgIpc) is 3.28. The van der Waals surface area contributed by atoms with Crippen LogP contribution in [-0.4, -0.2) is 25.1 Å². The first-order valence-corrected chi connectivity index (χ1v) is 8.41. The Morgan fingerprint density at radius 1 is 1.30 bits per heavy atom. The van der Waals surface area contributed by atoms with Crippen LogP contribution in [0.4, 0.5) is 0 Å². The number of Topliss-reactive ketones (excluding diaryl/α,β-unsaturated/α-hetero) is 1. The minimum Gasteiger partial charge on any atom is -0.513 e. The number of ether oxygens (including phenoxy) is 2. The van der Waals surface area contributed by atoms with Crippen LogP contribution in [0.3, 0.4) is 0 Å². The van der Waals surface area contributed by atoms with Gasteiger partial charge in [0.1, 0.15) is 0 Å². The summed E-state index contributed by atoms with van der Waals surface area (Å²) in [5, 5.41) is 10.7. The van der Waals surface area contributed by atoms with Gasteiger partial charge in [-0.2, -0.15) is 0 Å². The van der Waals surface area contributed by atoms with Crippen LogP contribution in [-0.2, 0) is 0 Å². The second-order valence-electron chi connectivity index (χ2n) is 5.92. The van der Waals surface area contributed by atoms with Gasteiger partial charge in [-0.3, -0.25) is 4.79 Å². The maximum Gasteiger partial charge on any atom is 0.173 e. The summed E-state index contributed by atoms with van der Waals surface area (Å²) >= 11 is 1.44. The Labute approximate surface area is 139 Å². The maximum absolute atomic E-state index is 12.6. The molecule has 1 fully saturated rings. The number of ketones is 1. The van der Waals surface area contributed by atoms with Gasteiger partial charge in [0, 0.05) is 23.1 Å². The number of hydrogen-bond acceptors (Lipinski definition) is 5. The van der Waals surface area contributed by atoms with Gasteiger partial charge in [-0.25, -0.2) is 0 Å². The number of carbonyl (C=O) groups is 1. The van der Waals surface area contributed by atoms with Gasteiger partial charge in [-0.1, -0.05) is 6.58 Å². The highest BCUT2D eigenvalue weighted by Crippen LogP contribution is 2.42. The fraction of sp³-hybridized carbons (Fsp3) is 0.389. The lowest BCUT2D eigenvalue weighted by molar-refractivity contribution is 0.0955. The van der Waals surface area contributed by atoms with E-state index in [-0.39, 0.29) is 17.5 Å². The molecule has 0 bridgehead atoms. The van der Waals surface area contributed by atoms with Crippen molar-refractivity contribution in [2.75, 3.05) is 14.2 Å². The second-order valence-corrected chi connectivity index (χ2v) is 7.00. The van der Waals surface area contributed by atoms with Crippen LogP contribution in [0, 0.1) is 11.8 Å². The number of aliphatic hydroxyl groups is 1. The zero-order valence-corrected chi connectivity index (χ0v) is 14.1. The third-order valence-electron chi connectivity index (χ3n) is 4.32. The maximum atomic E-state index is 12.6. The zero-order valence-electron chi connectivity index (χ0n) is 13.3. The minimum absolute atomic E-state index is 0.0521. The summed E-state index contributed by atoms with van der Waals surface area (Å²) in [6.07, 6.45) is 2.46. The number of fused-ring (bicyclic) bond motifs is 1. The van der Waals surface area contributed by atoms with E-state index in [0.717, 1.165) is 22.9 Å². The average molecular weight is 332 g/mol. The van der Waals surface area contributed by atoms with Gasteiger partial charge in [0.2, 0.25) is 0 Å². The summed E-state index contributed by atoms with van der Waals surface area (Å²) < 4.78 is 11.6. The molecule has 1 N–H and O–H groups in total. The molecule has 1 unspecified atom stereocenters. The Morgan fingerprint density at radius 3 is 2.52 bits per heavy atom. The van der Waals surface area contributed by atoms with Crippen LogP contribution in [0.5, 0.6) is 11.5 Å². The third-order valence-corrected chi connectivity index (χ3v) is 5.46. The molecule has 1 atom stereocenters. The minimum atomic E-state index is -0.114. The predicted molar refractivity (Wildman–Crippen MR) is 91.9 cm³/mol. The Hall–Kier alpha value is -2.01. The molecular weight excluding hydrogens is 312 g/mol. The molecule has 1 heterocycles. The van der Waals surface area contributed by atoms with Crippen LogP contribution in [0.15, 0.2) is 30.5 Å². The van der Waals surface area contributed by atoms with E-state index in [4.69, 9.17) is 9.47 Å². The fourth-order valence-electron chi connectivity index (χ4n) is 2.86. The number of benzene rings is 1. The van der Waals surface area contributed by atoms with Gasteiger partial charge in [-0.15, -0.1) is 11.3 Å². The molecular formula is C18H20O4S. The predicted octanol–water partition coefficient (Wildman–Crippen LogP) is 4.59. The summed E-state index contributed by atoms with van der Waals surface area (Å²) in [5.41, 5.74) is 0. The standard InChI is InChI=1S/C18H20O4S/c1-10(19)13(11-4-5-11)8-14(20)18-7-12-6-15(21-2)16(22-3)9-17(12)23-18/h6-7,9,11,13,19H,1,4-5,8H2,2-3H3. The molecule has 0 saturated heterocycles. The number of rotatable bonds is 7. The van der Waals surface area contributed by atoms with Crippen molar-refractivity contribution in [1.82, 2.24) is 0 Å². The molecule has 2 aromatic rings. The molecule has 1 aliphatic carbocycles. The van der Waals surface area contributed by atoms with E-state index in [0.29, 0.717) is 28.7 Å². The second kappa shape index (κ2) is 6.24. The number of allylic oxidation sites excluding steroid dienone is 1. The molecule has 0 radical (unpaired) electrons. The first-order chi connectivity index (χ1) is 11.0. The lowest BCUT2D eigenvalue weighted by atomic mass is 9.95. The lowest BCUT2D eigenvalue weighted by Crippen LogP contribution is -2.12. The fourth-order valence-corrected chi connectivity index (χ4v) is 3.88. The van der Waals surface area contributed by atoms with Crippen LogP contribution in [0.1, 0.15) is 28.9 Å². The zero-order chi connectivity index (χ0) is 16.6. The monoisotopic (exact) mass is 332 g/mol. The summed E-state index contributed by atoms with van der Waals surface area (Å²) in [4.78, 5) is 13.3. The van der Waals surface area contributed by atoms with Gasteiger partial charge in [-0.05, 0) is 36.3 Å². The topological polar surface area (TPSA) is 55.8 Å². The molecule has 122 valence electrons. The van der Waals surface area contributed by atoms with Crippen molar-refractivity contribution < 1.29 is 19.4 Å². The van der Waals surface area contributed by atoms with E-state index in [2.05, 4.69) is 6.58 Å². The molecule has 0 spiro atoms. The van der Waals surface area contributed by atoms with Crippen molar-refractivity contribution in [3.8, 4) is 11.5 Å². The highest BCUT2D eigenvalue weighted by Gasteiger charge is 2.35. The normalized spacial score (nSPS) is 15.4. The molecule has 0 aliphatic heterocycles. The van der Waals surface area contributed by atoms with Crippen molar-refractivity contribution in [1.29, 1.82) is 0 Å². The van der Waals surface area contributed by atoms with E-state index in [1.165, 1.54) is 11.3 Å². The van der Waals surface area contributed by atoms with Crippen molar-refractivity contribution in [3.63, 3.8) is 0 Å². The molecule has 1 aromatic heterocycles. The first-order valence-electron chi connectivity index (χ1n) is 7.60. The molecule has 1 aliphatic rings. The summed E-state index contributed by atoms with van der Waals surface area (Å²) in [7, 11) is 3.19. The van der Waals surface area contributed by atoms with Crippen molar-refractivity contribution in [3.05, 3.63) is 35.4 Å². The highest BCUT2D eigenvalue weighted by atomic mass is 32.1. The Kier molecular flexibility index (Phi) is 4.31. The van der Waals surface area contributed by atoms with E-state index >= 15 is 0 Å². The molecule has 1 saturated carbocycles. The molecule has 0 amide bonds. The third kappa shape index (κ3) is 3.20. The van der Waals surface area contributed by atoms with E-state index in [9.17, 15) is 9.90 Å². The van der Waals surface area contributed by atoms with E-state index in [1.54, 1.807) is 14.2 Å². The van der Waals surface area contributed by atoms with Crippen LogP contribution >= 0.6 is 11.3 Å². The quantitative estimate of drug-likeness (QED) is 0.595. The molecule has 5 heteroatoms. The van der Waals surface area contributed by atoms with Gasteiger partial charge in [0.05, 0.1) is 24.9 Å². The van der Waals surface area contributed by atoms with Crippen LogP contribution in [0.2, 0.25) is 0 Å². The number of carbonyl (C=O) groups excluding carboxylic acids is 1. The van der Waals surface area contributed by atoms with Gasteiger partial charge in [0.25, 0.3) is 0 Å². The molecule has 4 nitrogen and oxygen atoms in total. The lowest BCUT2D eigenvalue weighted by Gasteiger charge is -2.12. The molecule has 1 aromatic carbocycles. The van der Waals surface area contributed by atoms with E-state index in [1.807, 2.05) is 18.2 Å². The number of methoxy groups -OCH3 is 2. The van der Waals surface area contributed by atoms with Gasteiger partial charge in [0.15, 0.2) is 17.3 Å². The highest BCUT2D eigenvalue weighted by molar-refractivity contribution is 7.20. The smallest absolute Gasteiger partial charge is 0.173 e. The van der Waals surface area contributed by atoms with E-state index < -0.39 is 0 Å². The van der Waals surface area contributed by atoms with Crippen molar-refractivity contribution >= 4 is 27.2 Å². The molecule has 23 heavy (non-hydrogen) atoms. The summed E-state index contributed by atoms with van der Waals surface area (Å²) in [6.45, 7) is 3.63. The van der Waals surface area contributed by atoms with Crippen LogP contribution in [0.25, 0.3) is 10.1 Å². The number of aliphatic hydroxyl groups excluding tert-OH is 1. The first kappa shape index (κ1) is 15.9. The summed E-state index contributed by atoms with van der Waals surface area (Å²) in [5.74, 6) is 1.78. The van der Waals surface area contributed by atoms with Gasteiger partial charge < -0.3 is 14.6 Å². The van der Waals surface area contributed by atoms with Crippen molar-refractivity contribution in [2.45, 2.75) is 19.3 Å². The Balaban J connectivity index is 1.87. The van der Waals surface area contributed by atoms with Crippen LogP contribution < -0.4 is 9.47 Å². The SMILES string of the molecule is C=C(O)C(CC(=O)c1cc2cc(OC)c(OC)cc2s1)C1CC1. The molecule has 3 rings (SSSR count). The Bertz CT molecular complexity index is 717. The largest absolute Gasteiger partial charge is 0.513 e. The number of thiophene rings is 1. The summed E-state index contributed by atoms with van der Waals surface area (Å²) in [6, 6.07) is 5.65.